The summed E-state index contributed by atoms with van der Waals surface area (Å²) in [5.74, 6) is 0. The van der Waals surface area contributed by atoms with Crippen LogP contribution in [0, 0.1) is 0 Å². The molecule has 40 heavy (non-hydrogen) atoms. The Morgan fingerprint density at radius 2 is 0.375 bits per heavy atom. The molecule has 0 aromatic heterocycles. The molecule has 0 bridgehead atoms. The molecule has 0 unspecified atom stereocenters. The van der Waals surface area contributed by atoms with E-state index in [1.165, 1.54) is 219 Å². The van der Waals surface area contributed by atoms with Gasteiger partial charge < -0.3 is 4.90 Å². The topological polar surface area (TPSA) is 3.24 Å². The first-order chi connectivity index (χ1) is 19.7. The van der Waals surface area contributed by atoms with Gasteiger partial charge in [-0.25, -0.2) is 0 Å². The Kier molecular flexibility index (Phi) is 43.2. The van der Waals surface area contributed by atoms with E-state index >= 15 is 0 Å². The van der Waals surface area contributed by atoms with Crippen molar-refractivity contribution in [2.24, 2.45) is 0 Å². The molecule has 0 N–H and O–H groups in total. The summed E-state index contributed by atoms with van der Waals surface area (Å²) in [5.41, 5.74) is 0. The smallest absolute Gasteiger partial charge is 0.00218 e. The molecular formula is C39H83N. The highest BCUT2D eigenvalue weighted by molar-refractivity contribution is 4.55. The average Bonchev–Trinajstić information content (AvgIpc) is 2.96. The van der Waals surface area contributed by atoms with Crippen LogP contribution < -0.4 is 0 Å². The van der Waals surface area contributed by atoms with Crippen molar-refractivity contribution in [3.05, 3.63) is 0 Å². The Labute approximate surface area is 257 Å². The minimum Gasteiger partial charge on any atom is -0.306 e. The Morgan fingerprint density at radius 3 is 0.550 bits per heavy atom. The number of hydrogen-bond acceptors (Lipinski definition) is 1. The summed E-state index contributed by atoms with van der Waals surface area (Å²) >= 11 is 0. The maximum Gasteiger partial charge on any atom is -0.00218 e. The van der Waals surface area contributed by atoms with Crippen LogP contribution in [0.1, 0.15) is 233 Å². The number of nitrogens with zero attached hydrogens (tertiary/aromatic N) is 1. The van der Waals surface area contributed by atoms with Gasteiger partial charge >= 0.3 is 0 Å². The van der Waals surface area contributed by atoms with E-state index in [9.17, 15) is 0 Å². The Balaban J connectivity index is 0. The summed E-state index contributed by atoms with van der Waals surface area (Å²) in [6.07, 6.45) is 46.3. The second kappa shape index (κ2) is 41.1. The highest BCUT2D eigenvalue weighted by atomic mass is 15.1. The van der Waals surface area contributed by atoms with E-state index in [1.807, 2.05) is 0 Å². The van der Waals surface area contributed by atoms with Gasteiger partial charge in [0.2, 0.25) is 0 Å². The molecule has 1 heteroatoms. The van der Waals surface area contributed by atoms with Gasteiger partial charge in [0, 0.05) is 0 Å². The van der Waals surface area contributed by atoms with Crippen molar-refractivity contribution in [2.75, 3.05) is 20.1 Å². The predicted octanol–water partition coefficient (Wildman–Crippen LogP) is 14.5. The van der Waals surface area contributed by atoms with E-state index in [1.54, 1.807) is 0 Å². The van der Waals surface area contributed by atoms with Crippen LogP contribution in [0.2, 0.25) is 0 Å². The molecule has 244 valence electrons. The third-order valence-electron chi connectivity index (χ3n) is 8.74. The molecule has 0 spiro atoms. The van der Waals surface area contributed by atoms with E-state index in [-0.39, 0.29) is 0 Å². The number of unbranched alkanes of at least 4 members (excludes halogenated alkanes) is 29. The molecule has 0 amide bonds. The Hall–Kier alpha value is -0.0400. The van der Waals surface area contributed by atoms with E-state index < -0.39 is 0 Å². The van der Waals surface area contributed by atoms with Crippen LogP contribution in [0.15, 0.2) is 0 Å². The van der Waals surface area contributed by atoms with Gasteiger partial charge in [0.15, 0.2) is 0 Å². The Morgan fingerprint density at radius 1 is 0.225 bits per heavy atom. The highest BCUT2D eigenvalue weighted by Gasteiger charge is 1.99. The van der Waals surface area contributed by atoms with Crippen molar-refractivity contribution in [3.63, 3.8) is 0 Å². The zero-order valence-corrected chi connectivity index (χ0v) is 29.5. The summed E-state index contributed by atoms with van der Waals surface area (Å²) in [4.78, 5) is 2.56. The van der Waals surface area contributed by atoms with Gasteiger partial charge in [-0.3, -0.25) is 0 Å². The van der Waals surface area contributed by atoms with Crippen LogP contribution in [0.4, 0.5) is 0 Å². The molecule has 0 rings (SSSR count). The molecule has 0 saturated carbocycles. The van der Waals surface area contributed by atoms with Crippen LogP contribution in [-0.2, 0) is 0 Å². The van der Waals surface area contributed by atoms with E-state index in [0.717, 1.165) is 0 Å². The van der Waals surface area contributed by atoms with E-state index in [2.05, 4.69) is 39.6 Å². The molecule has 0 radical (unpaired) electrons. The van der Waals surface area contributed by atoms with Gasteiger partial charge in [0.05, 0.1) is 0 Å². The fourth-order valence-electron chi connectivity index (χ4n) is 5.76. The molecule has 0 heterocycles. The van der Waals surface area contributed by atoms with E-state index in [0.29, 0.717) is 0 Å². The van der Waals surface area contributed by atoms with Crippen LogP contribution >= 0.6 is 0 Å². The van der Waals surface area contributed by atoms with Crippen molar-refractivity contribution < 1.29 is 0 Å². The van der Waals surface area contributed by atoms with Gasteiger partial charge in [-0.1, -0.05) is 220 Å². The summed E-state index contributed by atoms with van der Waals surface area (Å²) in [6.45, 7) is 11.8. The molecule has 0 aromatic carbocycles. The third-order valence-corrected chi connectivity index (χ3v) is 8.74. The van der Waals surface area contributed by atoms with Gasteiger partial charge in [-0.15, -0.1) is 0 Å². The normalized spacial score (nSPS) is 11.2. The fourth-order valence-corrected chi connectivity index (χ4v) is 5.76. The molecule has 0 aliphatic rings. The SMILES string of the molecule is CCCCCCCCCCCCCC.CCCCCCCCCCCCN(C)CCCCCCCCCCCC. The van der Waals surface area contributed by atoms with Crippen molar-refractivity contribution in [1.29, 1.82) is 0 Å². The summed E-state index contributed by atoms with van der Waals surface area (Å²) in [6, 6.07) is 0. The first-order valence-electron chi connectivity index (χ1n) is 19.4. The lowest BCUT2D eigenvalue weighted by Gasteiger charge is -2.16. The molecule has 0 aliphatic heterocycles. The third kappa shape index (κ3) is 42.4. The number of hydrogen-bond donors (Lipinski definition) is 0. The minimum atomic E-state index is 1.31. The standard InChI is InChI=1S/C25H53N.C14H30/c1-4-6-8-10-12-14-16-18-20-22-24-26(3)25-23-21-19-17-15-13-11-9-7-5-2;1-3-5-7-9-11-13-14-12-10-8-6-4-2/h4-25H2,1-3H3;3-14H2,1-2H3. The predicted molar refractivity (Wildman–Crippen MR) is 188 cm³/mol. The molecule has 0 aromatic rings. The maximum absolute atomic E-state index is 2.56. The molecule has 0 fully saturated rings. The zero-order valence-electron chi connectivity index (χ0n) is 29.5. The molecule has 0 atom stereocenters. The zero-order chi connectivity index (χ0) is 29.6. The maximum atomic E-state index is 2.56. The largest absolute Gasteiger partial charge is 0.306 e. The van der Waals surface area contributed by atoms with Crippen molar-refractivity contribution in [3.8, 4) is 0 Å². The molecule has 1 nitrogen and oxygen atoms in total. The van der Waals surface area contributed by atoms with Gasteiger partial charge in [0.25, 0.3) is 0 Å². The van der Waals surface area contributed by atoms with Crippen LogP contribution in [0.3, 0.4) is 0 Å². The first-order valence-corrected chi connectivity index (χ1v) is 19.4. The van der Waals surface area contributed by atoms with Gasteiger partial charge in [-0.2, -0.15) is 0 Å². The van der Waals surface area contributed by atoms with Crippen LogP contribution in [-0.4, -0.2) is 25.0 Å². The fraction of sp³-hybridized carbons (Fsp3) is 1.00. The lowest BCUT2D eigenvalue weighted by Crippen LogP contribution is -2.20. The molecule has 0 saturated heterocycles. The summed E-state index contributed by atoms with van der Waals surface area (Å²) < 4.78 is 0. The van der Waals surface area contributed by atoms with Gasteiger partial charge in [0.1, 0.15) is 0 Å². The highest BCUT2D eigenvalue weighted by Crippen LogP contribution is 2.13. The molecular weight excluding hydrogens is 482 g/mol. The van der Waals surface area contributed by atoms with Crippen molar-refractivity contribution in [1.82, 2.24) is 4.90 Å². The van der Waals surface area contributed by atoms with Gasteiger partial charge in [-0.05, 0) is 33.0 Å². The lowest BCUT2D eigenvalue weighted by molar-refractivity contribution is 0.314. The van der Waals surface area contributed by atoms with Crippen LogP contribution in [0.5, 0.6) is 0 Å². The first kappa shape index (κ1) is 42.1. The minimum absolute atomic E-state index is 1.31. The summed E-state index contributed by atoms with van der Waals surface area (Å²) in [7, 11) is 2.32. The molecule has 0 aliphatic carbocycles. The second-order valence-electron chi connectivity index (χ2n) is 13.2. The van der Waals surface area contributed by atoms with Crippen molar-refractivity contribution in [2.45, 2.75) is 233 Å². The number of rotatable bonds is 33. The monoisotopic (exact) mass is 566 g/mol. The van der Waals surface area contributed by atoms with Crippen LogP contribution in [0.25, 0.3) is 0 Å². The lowest BCUT2D eigenvalue weighted by atomic mass is 10.1. The quantitative estimate of drug-likeness (QED) is 0.0715. The van der Waals surface area contributed by atoms with Crippen molar-refractivity contribution >= 4 is 0 Å². The second-order valence-corrected chi connectivity index (χ2v) is 13.2. The Bertz CT molecular complexity index is 356. The van der Waals surface area contributed by atoms with E-state index in [4.69, 9.17) is 0 Å². The average molecular weight is 566 g/mol. The summed E-state index contributed by atoms with van der Waals surface area (Å²) in [5, 5.41) is 0.